The summed E-state index contributed by atoms with van der Waals surface area (Å²) in [5.74, 6) is 0.0169. The van der Waals surface area contributed by atoms with Crippen LogP contribution in [0.25, 0.3) is 0 Å². The van der Waals surface area contributed by atoms with Crippen LogP contribution in [-0.4, -0.2) is 47.4 Å². The molecule has 1 aromatic carbocycles. The van der Waals surface area contributed by atoms with E-state index in [-0.39, 0.29) is 6.54 Å². The second kappa shape index (κ2) is 8.14. The third-order valence-electron chi connectivity index (χ3n) is 5.74. The molecule has 4 amide bonds. The van der Waals surface area contributed by atoms with E-state index in [0.29, 0.717) is 17.7 Å². The Hall–Kier alpha value is -3.42. The molecule has 3 heterocycles. The van der Waals surface area contributed by atoms with Crippen LogP contribution < -0.4 is 15.5 Å². The standard InChI is InChI=1S/C22H25N5O3/c1-2-22(16-8-4-3-5-9-16)20(29)27(21(30)25-22)15-19(28)24-17-10-11-18(23-14-17)26-12-6-7-13-26/h3-5,8-11,14H,2,6-7,12-13,15H2,1H3,(H,24,28)(H,25,30)/t22-/m0/s1. The lowest BCUT2D eigenvalue weighted by Gasteiger charge is -2.25. The number of nitrogens with one attached hydrogen (secondary N) is 2. The van der Waals surface area contributed by atoms with Crippen LogP contribution in [0.15, 0.2) is 48.7 Å². The van der Waals surface area contributed by atoms with Crippen LogP contribution in [0.2, 0.25) is 0 Å². The summed E-state index contributed by atoms with van der Waals surface area (Å²) >= 11 is 0. The fourth-order valence-electron chi connectivity index (χ4n) is 4.07. The smallest absolute Gasteiger partial charge is 0.325 e. The van der Waals surface area contributed by atoms with Crippen molar-refractivity contribution >= 4 is 29.4 Å². The van der Waals surface area contributed by atoms with Crippen molar-refractivity contribution in [2.24, 2.45) is 0 Å². The first kappa shape index (κ1) is 19.9. The summed E-state index contributed by atoms with van der Waals surface area (Å²) in [6.07, 6.45) is 4.31. The van der Waals surface area contributed by atoms with Crippen LogP contribution in [0, 0.1) is 0 Å². The molecule has 8 heteroatoms. The zero-order valence-electron chi connectivity index (χ0n) is 16.9. The minimum Gasteiger partial charge on any atom is -0.357 e. The number of carbonyl (C=O) groups excluding carboxylic acids is 3. The first-order valence-electron chi connectivity index (χ1n) is 10.2. The predicted octanol–water partition coefficient (Wildman–Crippen LogP) is 2.48. The van der Waals surface area contributed by atoms with Gasteiger partial charge in [-0.25, -0.2) is 9.78 Å². The summed E-state index contributed by atoms with van der Waals surface area (Å²) in [7, 11) is 0. The lowest BCUT2D eigenvalue weighted by molar-refractivity contribution is -0.134. The molecule has 1 atom stereocenters. The van der Waals surface area contributed by atoms with Gasteiger partial charge in [-0.15, -0.1) is 0 Å². The second-order valence-electron chi connectivity index (χ2n) is 7.59. The zero-order chi connectivity index (χ0) is 21.1. The number of hydrogen-bond donors (Lipinski definition) is 2. The quantitative estimate of drug-likeness (QED) is 0.718. The maximum absolute atomic E-state index is 13.1. The number of nitrogens with zero attached hydrogens (tertiary/aromatic N) is 3. The predicted molar refractivity (Wildman–Crippen MR) is 113 cm³/mol. The van der Waals surface area contributed by atoms with Gasteiger partial charge in [-0.3, -0.25) is 14.5 Å². The SMILES string of the molecule is CC[C@@]1(c2ccccc2)NC(=O)N(CC(=O)Nc2ccc(N3CCCC3)nc2)C1=O. The number of benzene rings is 1. The largest absolute Gasteiger partial charge is 0.357 e. The lowest BCUT2D eigenvalue weighted by atomic mass is 9.87. The lowest BCUT2D eigenvalue weighted by Crippen LogP contribution is -2.44. The topological polar surface area (TPSA) is 94.6 Å². The van der Waals surface area contributed by atoms with Crippen LogP contribution in [0.1, 0.15) is 31.7 Å². The Morgan fingerprint density at radius 2 is 1.87 bits per heavy atom. The Morgan fingerprint density at radius 1 is 1.13 bits per heavy atom. The van der Waals surface area contributed by atoms with Crippen molar-refractivity contribution in [3.63, 3.8) is 0 Å². The van der Waals surface area contributed by atoms with E-state index in [4.69, 9.17) is 0 Å². The molecule has 0 aliphatic carbocycles. The zero-order valence-corrected chi connectivity index (χ0v) is 16.9. The fourth-order valence-corrected chi connectivity index (χ4v) is 4.07. The number of urea groups is 1. The van der Waals surface area contributed by atoms with E-state index in [1.165, 1.54) is 0 Å². The van der Waals surface area contributed by atoms with Gasteiger partial charge in [-0.2, -0.15) is 0 Å². The molecule has 4 rings (SSSR count). The number of aromatic nitrogens is 1. The van der Waals surface area contributed by atoms with Crippen molar-refractivity contribution in [1.29, 1.82) is 0 Å². The fraction of sp³-hybridized carbons (Fsp3) is 0.364. The first-order chi connectivity index (χ1) is 14.5. The molecule has 156 valence electrons. The van der Waals surface area contributed by atoms with Crippen LogP contribution in [-0.2, 0) is 15.1 Å². The van der Waals surface area contributed by atoms with E-state index in [2.05, 4.69) is 20.5 Å². The van der Waals surface area contributed by atoms with E-state index < -0.39 is 23.4 Å². The van der Waals surface area contributed by atoms with Gasteiger partial charge in [0.05, 0.1) is 11.9 Å². The molecule has 0 saturated carbocycles. The molecule has 2 aliphatic rings. The molecule has 2 N–H and O–H groups in total. The first-order valence-corrected chi connectivity index (χ1v) is 10.2. The average molecular weight is 407 g/mol. The van der Waals surface area contributed by atoms with E-state index in [1.807, 2.05) is 31.2 Å². The molecule has 0 spiro atoms. The van der Waals surface area contributed by atoms with Gasteiger partial charge in [-0.1, -0.05) is 37.3 Å². The highest BCUT2D eigenvalue weighted by molar-refractivity contribution is 6.10. The third kappa shape index (κ3) is 3.60. The Kier molecular flexibility index (Phi) is 5.39. The van der Waals surface area contributed by atoms with Crippen LogP contribution in [0.5, 0.6) is 0 Å². The maximum atomic E-state index is 13.1. The summed E-state index contributed by atoms with van der Waals surface area (Å²) < 4.78 is 0. The molecular weight excluding hydrogens is 382 g/mol. The maximum Gasteiger partial charge on any atom is 0.325 e. The summed E-state index contributed by atoms with van der Waals surface area (Å²) in [4.78, 5) is 45.7. The van der Waals surface area contributed by atoms with Gasteiger partial charge in [0.15, 0.2) is 0 Å². The molecule has 8 nitrogen and oxygen atoms in total. The highest BCUT2D eigenvalue weighted by atomic mass is 16.2. The van der Waals surface area contributed by atoms with Gasteiger partial charge in [-0.05, 0) is 37.0 Å². The third-order valence-corrected chi connectivity index (χ3v) is 5.74. The minimum absolute atomic E-state index is 0.354. The molecule has 0 bridgehead atoms. The van der Waals surface area contributed by atoms with E-state index >= 15 is 0 Å². The Morgan fingerprint density at radius 3 is 2.50 bits per heavy atom. The van der Waals surface area contributed by atoms with Gasteiger partial charge in [0.2, 0.25) is 5.91 Å². The number of rotatable bonds is 6. The van der Waals surface area contributed by atoms with E-state index in [9.17, 15) is 14.4 Å². The van der Waals surface area contributed by atoms with E-state index in [0.717, 1.165) is 36.6 Å². The van der Waals surface area contributed by atoms with Gasteiger partial charge in [0, 0.05) is 13.1 Å². The number of amides is 4. The number of imide groups is 1. The number of pyridine rings is 1. The minimum atomic E-state index is -1.14. The second-order valence-corrected chi connectivity index (χ2v) is 7.59. The molecule has 2 aromatic rings. The van der Waals surface area contributed by atoms with Crippen LogP contribution in [0.4, 0.5) is 16.3 Å². The molecule has 0 radical (unpaired) electrons. The molecule has 2 saturated heterocycles. The number of carbonyl (C=O) groups is 3. The van der Waals surface area contributed by atoms with Crippen molar-refractivity contribution in [2.75, 3.05) is 29.9 Å². The Labute approximate surface area is 175 Å². The van der Waals surface area contributed by atoms with Crippen LogP contribution >= 0.6 is 0 Å². The van der Waals surface area contributed by atoms with Gasteiger partial charge >= 0.3 is 6.03 Å². The molecule has 30 heavy (non-hydrogen) atoms. The Balaban J connectivity index is 1.43. The molecule has 1 aromatic heterocycles. The van der Waals surface area contributed by atoms with Crippen LogP contribution in [0.3, 0.4) is 0 Å². The normalized spacial score (nSPS) is 21.1. The van der Waals surface area contributed by atoms with Crippen molar-refractivity contribution in [2.45, 2.75) is 31.7 Å². The highest BCUT2D eigenvalue weighted by Crippen LogP contribution is 2.32. The molecule has 0 unspecified atom stereocenters. The van der Waals surface area contributed by atoms with Crippen molar-refractivity contribution < 1.29 is 14.4 Å². The van der Waals surface area contributed by atoms with Crippen molar-refractivity contribution in [3.8, 4) is 0 Å². The summed E-state index contributed by atoms with van der Waals surface area (Å²) in [6.45, 7) is 3.46. The highest BCUT2D eigenvalue weighted by Gasteiger charge is 2.51. The molecule has 2 aliphatic heterocycles. The number of hydrogen-bond acceptors (Lipinski definition) is 5. The average Bonchev–Trinajstić information content (AvgIpc) is 3.38. The molecular formula is C22H25N5O3. The van der Waals surface area contributed by atoms with Gasteiger partial charge < -0.3 is 15.5 Å². The summed E-state index contributed by atoms with van der Waals surface area (Å²) in [5.41, 5.74) is 0.0904. The molecule has 2 fully saturated rings. The number of anilines is 2. The van der Waals surface area contributed by atoms with Crippen molar-refractivity contribution in [3.05, 3.63) is 54.2 Å². The summed E-state index contributed by atoms with van der Waals surface area (Å²) in [5, 5.41) is 5.50. The van der Waals surface area contributed by atoms with Gasteiger partial charge in [0.1, 0.15) is 17.9 Å². The van der Waals surface area contributed by atoms with E-state index in [1.54, 1.807) is 24.4 Å². The monoisotopic (exact) mass is 407 g/mol. The summed E-state index contributed by atoms with van der Waals surface area (Å²) in [6, 6.07) is 12.2. The Bertz CT molecular complexity index is 941. The van der Waals surface area contributed by atoms with Crippen molar-refractivity contribution in [1.82, 2.24) is 15.2 Å². The van der Waals surface area contributed by atoms with Gasteiger partial charge in [0.25, 0.3) is 5.91 Å².